The van der Waals surface area contributed by atoms with Crippen LogP contribution in [-0.4, -0.2) is 39.1 Å². The highest BCUT2D eigenvalue weighted by Gasteiger charge is 2.32. The van der Waals surface area contributed by atoms with Gasteiger partial charge in [-0.2, -0.15) is 18.3 Å². The summed E-state index contributed by atoms with van der Waals surface area (Å²) in [6.45, 7) is 2.61. The molecular weight excluding hydrogens is 445 g/mol. The van der Waals surface area contributed by atoms with Crippen LogP contribution < -0.4 is 5.32 Å². The minimum absolute atomic E-state index is 0.0476. The highest BCUT2D eigenvalue weighted by atomic mass is 19.4. The largest absolute Gasteiger partial charge is 0.416 e. The smallest absolute Gasteiger partial charge is 0.348 e. The van der Waals surface area contributed by atoms with E-state index in [0.29, 0.717) is 12.1 Å². The summed E-state index contributed by atoms with van der Waals surface area (Å²) < 4.78 is 40.5. The predicted molar refractivity (Wildman–Crippen MR) is 120 cm³/mol. The summed E-state index contributed by atoms with van der Waals surface area (Å²) in [5.74, 6) is -0.730. The van der Waals surface area contributed by atoms with Crippen molar-refractivity contribution in [3.05, 3.63) is 88.7 Å². The Morgan fingerprint density at radius 2 is 1.79 bits per heavy atom. The quantitative estimate of drug-likeness (QED) is 0.560. The lowest BCUT2D eigenvalue weighted by Crippen LogP contribution is -2.39. The van der Waals surface area contributed by atoms with Gasteiger partial charge in [-0.3, -0.25) is 14.3 Å². The number of aryl methyl sites for hydroxylation is 1. The van der Waals surface area contributed by atoms with Crippen molar-refractivity contribution in [3.8, 4) is 0 Å². The molecule has 3 aromatic rings. The standard InChI is InChI=1S/C25H25F3N4O2/c1-17(10-11-18-6-3-2-4-7-18)29-23(33)21-15-22-24(34)31(12-13-32(22)30-21)16-19-8-5-9-20(14-19)25(26,27)28/h2-9,14-15,17H,10-13,16H2,1H3,(H,29,33). The van der Waals surface area contributed by atoms with Gasteiger partial charge in [0.1, 0.15) is 5.69 Å². The van der Waals surface area contributed by atoms with E-state index in [2.05, 4.69) is 10.4 Å². The molecule has 1 atom stereocenters. The van der Waals surface area contributed by atoms with Crippen molar-refractivity contribution in [2.45, 2.75) is 45.1 Å². The summed E-state index contributed by atoms with van der Waals surface area (Å²) >= 11 is 0. The molecule has 0 spiro atoms. The highest BCUT2D eigenvalue weighted by molar-refractivity contribution is 5.98. The molecule has 0 bridgehead atoms. The molecule has 178 valence electrons. The van der Waals surface area contributed by atoms with Crippen molar-refractivity contribution in [3.63, 3.8) is 0 Å². The second kappa shape index (κ2) is 9.70. The van der Waals surface area contributed by atoms with Gasteiger partial charge < -0.3 is 10.2 Å². The Hall–Kier alpha value is -3.62. The third kappa shape index (κ3) is 5.47. The maximum Gasteiger partial charge on any atom is 0.416 e. The second-order valence-electron chi connectivity index (χ2n) is 8.46. The van der Waals surface area contributed by atoms with Crippen molar-refractivity contribution < 1.29 is 22.8 Å². The van der Waals surface area contributed by atoms with Crippen LogP contribution in [0.4, 0.5) is 13.2 Å². The van der Waals surface area contributed by atoms with Gasteiger partial charge in [0, 0.05) is 25.2 Å². The third-order valence-electron chi connectivity index (χ3n) is 5.81. The first-order valence-corrected chi connectivity index (χ1v) is 11.1. The summed E-state index contributed by atoms with van der Waals surface area (Å²) in [5.41, 5.74) is 1.23. The number of fused-ring (bicyclic) bond motifs is 1. The molecule has 9 heteroatoms. The van der Waals surface area contributed by atoms with Crippen LogP contribution in [0.1, 0.15) is 51.0 Å². The Bertz CT molecular complexity index is 1170. The molecule has 1 unspecified atom stereocenters. The van der Waals surface area contributed by atoms with Gasteiger partial charge in [0.15, 0.2) is 5.69 Å². The lowest BCUT2D eigenvalue weighted by Gasteiger charge is -2.27. The number of benzene rings is 2. The summed E-state index contributed by atoms with van der Waals surface area (Å²) in [6, 6.07) is 16.3. The Balaban J connectivity index is 1.38. The molecular formula is C25H25F3N4O2. The lowest BCUT2D eigenvalue weighted by molar-refractivity contribution is -0.137. The number of amides is 2. The van der Waals surface area contributed by atoms with E-state index in [1.54, 1.807) is 6.07 Å². The highest BCUT2D eigenvalue weighted by Crippen LogP contribution is 2.30. The number of hydrogen-bond donors (Lipinski definition) is 1. The van der Waals surface area contributed by atoms with Gasteiger partial charge in [0.25, 0.3) is 11.8 Å². The fourth-order valence-electron chi connectivity index (χ4n) is 3.96. The van der Waals surface area contributed by atoms with Crippen molar-refractivity contribution in [2.75, 3.05) is 6.54 Å². The maximum atomic E-state index is 13.0. The van der Waals surface area contributed by atoms with Crippen molar-refractivity contribution in [2.24, 2.45) is 0 Å². The van der Waals surface area contributed by atoms with E-state index in [9.17, 15) is 22.8 Å². The van der Waals surface area contributed by atoms with E-state index < -0.39 is 11.7 Å². The first-order valence-electron chi connectivity index (χ1n) is 11.1. The molecule has 0 fully saturated rings. The molecule has 0 saturated heterocycles. The molecule has 2 heterocycles. The van der Waals surface area contributed by atoms with Crippen molar-refractivity contribution in [1.29, 1.82) is 0 Å². The van der Waals surface area contributed by atoms with Gasteiger partial charge in [0.2, 0.25) is 0 Å². The van der Waals surface area contributed by atoms with Gasteiger partial charge >= 0.3 is 6.18 Å². The van der Waals surface area contributed by atoms with E-state index in [1.807, 2.05) is 37.3 Å². The average molecular weight is 470 g/mol. The van der Waals surface area contributed by atoms with Crippen LogP contribution in [-0.2, 0) is 25.7 Å². The number of hydrogen-bond acceptors (Lipinski definition) is 3. The second-order valence-corrected chi connectivity index (χ2v) is 8.46. The molecule has 1 aromatic heterocycles. The zero-order valence-corrected chi connectivity index (χ0v) is 18.7. The van der Waals surface area contributed by atoms with E-state index in [-0.39, 0.29) is 42.3 Å². The molecule has 1 aliphatic heterocycles. The van der Waals surface area contributed by atoms with Crippen LogP contribution in [0.15, 0.2) is 60.7 Å². The summed E-state index contributed by atoms with van der Waals surface area (Å²) in [5, 5.41) is 7.18. The van der Waals surface area contributed by atoms with Gasteiger partial charge in [0.05, 0.1) is 12.1 Å². The van der Waals surface area contributed by atoms with Crippen LogP contribution in [0.3, 0.4) is 0 Å². The SMILES string of the molecule is CC(CCc1ccccc1)NC(=O)c1cc2n(n1)CCN(Cc1cccc(C(F)(F)F)c1)C2=O. The minimum atomic E-state index is -4.44. The minimum Gasteiger partial charge on any atom is -0.348 e. The number of carbonyl (C=O) groups excluding carboxylic acids is 2. The topological polar surface area (TPSA) is 67.2 Å². The Labute approximate surface area is 195 Å². The first-order chi connectivity index (χ1) is 16.2. The summed E-state index contributed by atoms with van der Waals surface area (Å²) in [6.07, 6.45) is -2.86. The molecule has 1 N–H and O–H groups in total. The Morgan fingerprint density at radius 1 is 1.06 bits per heavy atom. The van der Waals surface area contributed by atoms with Gasteiger partial charge in [-0.25, -0.2) is 0 Å². The number of nitrogens with zero attached hydrogens (tertiary/aromatic N) is 3. The fourth-order valence-corrected chi connectivity index (χ4v) is 3.96. The van der Waals surface area contributed by atoms with Crippen LogP contribution in [0, 0.1) is 0 Å². The number of alkyl halides is 3. The average Bonchev–Trinajstić information content (AvgIpc) is 3.25. The molecule has 34 heavy (non-hydrogen) atoms. The van der Waals surface area contributed by atoms with Gasteiger partial charge in [-0.15, -0.1) is 0 Å². The number of rotatable bonds is 7. The lowest BCUT2D eigenvalue weighted by atomic mass is 10.1. The summed E-state index contributed by atoms with van der Waals surface area (Å²) in [7, 11) is 0. The molecule has 0 radical (unpaired) electrons. The van der Waals surface area contributed by atoms with Crippen LogP contribution in [0.2, 0.25) is 0 Å². The molecule has 1 aliphatic rings. The molecule has 0 saturated carbocycles. The van der Waals surface area contributed by atoms with E-state index in [1.165, 1.54) is 27.3 Å². The monoisotopic (exact) mass is 470 g/mol. The maximum absolute atomic E-state index is 13.0. The van der Waals surface area contributed by atoms with E-state index >= 15 is 0 Å². The van der Waals surface area contributed by atoms with Crippen LogP contribution in [0.25, 0.3) is 0 Å². The Morgan fingerprint density at radius 3 is 2.53 bits per heavy atom. The van der Waals surface area contributed by atoms with E-state index in [4.69, 9.17) is 0 Å². The fraction of sp³-hybridized carbons (Fsp3) is 0.320. The molecule has 6 nitrogen and oxygen atoms in total. The normalized spacial score (nSPS) is 14.6. The molecule has 2 aromatic carbocycles. The van der Waals surface area contributed by atoms with Crippen molar-refractivity contribution >= 4 is 11.8 Å². The van der Waals surface area contributed by atoms with E-state index in [0.717, 1.165) is 25.0 Å². The summed E-state index contributed by atoms with van der Waals surface area (Å²) in [4.78, 5) is 27.1. The molecule has 0 aliphatic carbocycles. The zero-order valence-electron chi connectivity index (χ0n) is 18.7. The molecule has 4 rings (SSSR count). The number of aromatic nitrogens is 2. The molecule has 2 amide bonds. The third-order valence-corrected chi connectivity index (χ3v) is 5.81. The van der Waals surface area contributed by atoms with Gasteiger partial charge in [-0.1, -0.05) is 42.5 Å². The Kier molecular flexibility index (Phi) is 6.72. The van der Waals surface area contributed by atoms with Crippen LogP contribution >= 0.6 is 0 Å². The first kappa shape index (κ1) is 23.5. The van der Waals surface area contributed by atoms with Crippen LogP contribution in [0.5, 0.6) is 0 Å². The number of halogens is 3. The van der Waals surface area contributed by atoms with Crippen molar-refractivity contribution in [1.82, 2.24) is 20.0 Å². The predicted octanol–water partition coefficient (Wildman–Crippen LogP) is 4.31. The number of carbonyl (C=O) groups is 2. The van der Waals surface area contributed by atoms with Gasteiger partial charge in [-0.05, 0) is 43.0 Å². The zero-order chi connectivity index (χ0) is 24.3. The number of nitrogens with one attached hydrogen (secondary N) is 1.